The summed E-state index contributed by atoms with van der Waals surface area (Å²) in [4.78, 5) is 16.7. The minimum atomic E-state index is -0.263. The zero-order chi connectivity index (χ0) is 14.3. The van der Waals surface area contributed by atoms with Crippen LogP contribution in [0, 0.1) is 19.7 Å². The van der Waals surface area contributed by atoms with Gasteiger partial charge in [0.1, 0.15) is 10.5 Å². The molecule has 20 heavy (non-hydrogen) atoms. The van der Waals surface area contributed by atoms with Crippen LogP contribution in [0.25, 0.3) is 10.2 Å². The number of benzene rings is 1. The Labute approximate surface area is 119 Å². The van der Waals surface area contributed by atoms with Gasteiger partial charge in [0.2, 0.25) is 0 Å². The van der Waals surface area contributed by atoms with Crippen molar-refractivity contribution >= 4 is 21.6 Å². The molecule has 0 aliphatic rings. The van der Waals surface area contributed by atoms with Crippen molar-refractivity contribution in [2.45, 2.75) is 20.4 Å². The SMILES string of the molecule is Cc1cc(F)ccc1Cn1cnc2c(C)csc2c1=O. The van der Waals surface area contributed by atoms with Gasteiger partial charge in [-0.2, -0.15) is 0 Å². The Morgan fingerprint density at radius 1 is 1.30 bits per heavy atom. The number of hydrogen-bond acceptors (Lipinski definition) is 3. The molecule has 0 fully saturated rings. The maximum atomic E-state index is 13.1. The second-order valence-electron chi connectivity index (χ2n) is 4.84. The van der Waals surface area contributed by atoms with Crippen LogP contribution in [0.4, 0.5) is 4.39 Å². The average molecular weight is 288 g/mol. The minimum Gasteiger partial charge on any atom is -0.294 e. The lowest BCUT2D eigenvalue weighted by Gasteiger charge is -2.08. The van der Waals surface area contributed by atoms with Crippen molar-refractivity contribution in [2.24, 2.45) is 0 Å². The maximum Gasteiger partial charge on any atom is 0.271 e. The van der Waals surface area contributed by atoms with Gasteiger partial charge in [0.25, 0.3) is 5.56 Å². The minimum absolute atomic E-state index is 0.0446. The monoisotopic (exact) mass is 288 g/mol. The molecule has 1 aromatic carbocycles. The molecule has 0 N–H and O–H groups in total. The molecule has 0 spiro atoms. The molecule has 0 unspecified atom stereocenters. The number of rotatable bonds is 2. The Bertz CT molecular complexity index is 851. The van der Waals surface area contributed by atoms with Crippen LogP contribution < -0.4 is 5.56 Å². The number of fused-ring (bicyclic) bond motifs is 1. The van der Waals surface area contributed by atoms with Crippen molar-refractivity contribution in [3.05, 3.63) is 62.8 Å². The van der Waals surface area contributed by atoms with Gasteiger partial charge >= 0.3 is 0 Å². The lowest BCUT2D eigenvalue weighted by molar-refractivity contribution is 0.624. The van der Waals surface area contributed by atoms with Gasteiger partial charge in [-0.3, -0.25) is 9.36 Å². The summed E-state index contributed by atoms with van der Waals surface area (Å²) in [7, 11) is 0. The van der Waals surface area contributed by atoms with Crippen LogP contribution in [0.2, 0.25) is 0 Å². The van der Waals surface area contributed by atoms with Crippen LogP contribution in [-0.2, 0) is 6.54 Å². The molecule has 2 aromatic heterocycles. The second kappa shape index (κ2) is 4.83. The third-order valence-electron chi connectivity index (χ3n) is 3.37. The van der Waals surface area contributed by atoms with Crippen LogP contribution in [-0.4, -0.2) is 9.55 Å². The standard InChI is InChI=1S/C15H13FN2OS/c1-9-5-12(16)4-3-11(9)6-18-8-17-13-10(2)7-20-14(13)15(18)19/h3-5,7-8H,6H2,1-2H3. The zero-order valence-electron chi connectivity index (χ0n) is 11.2. The molecule has 5 heteroatoms. The number of halogens is 1. The van der Waals surface area contributed by atoms with Gasteiger partial charge in [0.05, 0.1) is 18.4 Å². The number of hydrogen-bond donors (Lipinski definition) is 0. The Morgan fingerprint density at radius 2 is 2.10 bits per heavy atom. The summed E-state index contributed by atoms with van der Waals surface area (Å²) in [6, 6.07) is 4.59. The highest BCUT2D eigenvalue weighted by Crippen LogP contribution is 2.19. The molecule has 102 valence electrons. The first-order valence-electron chi connectivity index (χ1n) is 6.24. The third kappa shape index (κ3) is 2.14. The first-order chi connectivity index (χ1) is 9.56. The number of thiophene rings is 1. The number of aromatic nitrogens is 2. The number of nitrogens with zero attached hydrogens (tertiary/aromatic N) is 2. The fourth-order valence-electron chi connectivity index (χ4n) is 2.19. The zero-order valence-corrected chi connectivity index (χ0v) is 12.0. The van der Waals surface area contributed by atoms with Gasteiger partial charge in [-0.05, 0) is 48.1 Å². The Morgan fingerprint density at radius 3 is 2.85 bits per heavy atom. The Balaban J connectivity index is 2.07. The molecule has 0 aliphatic carbocycles. The molecule has 3 nitrogen and oxygen atoms in total. The predicted octanol–water partition coefficient (Wildman–Crippen LogP) is 3.26. The largest absolute Gasteiger partial charge is 0.294 e. The molecule has 0 saturated carbocycles. The average Bonchev–Trinajstić information content (AvgIpc) is 2.78. The normalized spacial score (nSPS) is 11.2. The van der Waals surface area contributed by atoms with Crippen molar-refractivity contribution in [1.29, 1.82) is 0 Å². The van der Waals surface area contributed by atoms with E-state index in [0.717, 1.165) is 22.2 Å². The van der Waals surface area contributed by atoms with Gasteiger partial charge in [0, 0.05) is 0 Å². The van der Waals surface area contributed by atoms with Crippen LogP contribution in [0.1, 0.15) is 16.7 Å². The smallest absolute Gasteiger partial charge is 0.271 e. The van der Waals surface area contributed by atoms with Gasteiger partial charge in [0.15, 0.2) is 0 Å². The fourth-order valence-corrected chi connectivity index (χ4v) is 3.14. The summed E-state index contributed by atoms with van der Waals surface area (Å²) in [6.45, 7) is 4.19. The molecule has 0 saturated heterocycles. The second-order valence-corrected chi connectivity index (χ2v) is 5.72. The van der Waals surface area contributed by atoms with Crippen LogP contribution >= 0.6 is 11.3 Å². The maximum absolute atomic E-state index is 13.1. The van der Waals surface area contributed by atoms with Gasteiger partial charge in [-0.25, -0.2) is 9.37 Å². The summed E-state index contributed by atoms with van der Waals surface area (Å²) < 4.78 is 15.3. The van der Waals surface area contributed by atoms with Gasteiger partial charge in [-0.1, -0.05) is 6.07 Å². The van der Waals surface area contributed by atoms with Gasteiger partial charge < -0.3 is 0 Å². The lowest BCUT2D eigenvalue weighted by Crippen LogP contribution is -2.20. The van der Waals surface area contributed by atoms with Crippen molar-refractivity contribution in [3.63, 3.8) is 0 Å². The molecular formula is C15H13FN2OS. The van der Waals surface area contributed by atoms with Crippen molar-refractivity contribution in [1.82, 2.24) is 9.55 Å². The first-order valence-corrected chi connectivity index (χ1v) is 7.12. The molecule has 0 radical (unpaired) electrons. The van der Waals surface area contributed by atoms with E-state index in [4.69, 9.17) is 0 Å². The molecule has 0 bridgehead atoms. The highest BCUT2D eigenvalue weighted by Gasteiger charge is 2.09. The molecule has 0 aliphatic heterocycles. The van der Waals surface area contributed by atoms with Gasteiger partial charge in [-0.15, -0.1) is 11.3 Å². The molecule has 3 aromatic rings. The van der Waals surface area contributed by atoms with E-state index in [1.54, 1.807) is 17.0 Å². The van der Waals surface area contributed by atoms with Crippen LogP contribution in [0.3, 0.4) is 0 Å². The number of aryl methyl sites for hydroxylation is 2. The first kappa shape index (κ1) is 13.0. The van der Waals surface area contributed by atoms with E-state index in [2.05, 4.69) is 4.98 Å². The third-order valence-corrected chi connectivity index (χ3v) is 4.44. The highest BCUT2D eigenvalue weighted by molar-refractivity contribution is 7.17. The highest BCUT2D eigenvalue weighted by atomic mass is 32.1. The fraction of sp³-hybridized carbons (Fsp3) is 0.200. The van der Waals surface area contributed by atoms with E-state index in [1.165, 1.54) is 23.5 Å². The van der Waals surface area contributed by atoms with Crippen LogP contribution in [0.5, 0.6) is 0 Å². The van der Waals surface area contributed by atoms with E-state index in [9.17, 15) is 9.18 Å². The quantitative estimate of drug-likeness (QED) is 0.725. The summed E-state index contributed by atoms with van der Waals surface area (Å²) >= 11 is 1.42. The lowest BCUT2D eigenvalue weighted by atomic mass is 10.1. The van der Waals surface area contributed by atoms with E-state index in [1.807, 2.05) is 19.2 Å². The summed E-state index contributed by atoms with van der Waals surface area (Å²) in [6.07, 6.45) is 1.56. The Hall–Kier alpha value is -2.01. The van der Waals surface area contributed by atoms with E-state index < -0.39 is 0 Å². The van der Waals surface area contributed by atoms with E-state index in [0.29, 0.717) is 11.2 Å². The molecular weight excluding hydrogens is 275 g/mol. The topological polar surface area (TPSA) is 34.9 Å². The van der Waals surface area contributed by atoms with Crippen LogP contribution in [0.15, 0.2) is 34.7 Å². The summed E-state index contributed by atoms with van der Waals surface area (Å²) in [5, 5.41) is 1.94. The molecule has 2 heterocycles. The van der Waals surface area contributed by atoms with Crippen molar-refractivity contribution < 1.29 is 4.39 Å². The van der Waals surface area contributed by atoms with E-state index >= 15 is 0 Å². The molecule has 3 rings (SSSR count). The van der Waals surface area contributed by atoms with Crippen molar-refractivity contribution in [3.8, 4) is 0 Å². The van der Waals surface area contributed by atoms with E-state index in [-0.39, 0.29) is 11.4 Å². The summed E-state index contributed by atoms with van der Waals surface area (Å²) in [5.74, 6) is -0.263. The predicted molar refractivity (Wildman–Crippen MR) is 78.9 cm³/mol. The van der Waals surface area contributed by atoms with Crippen molar-refractivity contribution in [2.75, 3.05) is 0 Å². The molecule has 0 atom stereocenters. The Kier molecular flexibility index (Phi) is 3.14. The molecule has 0 amide bonds. The summed E-state index contributed by atoms with van der Waals surface area (Å²) in [5.41, 5.74) is 3.50.